The van der Waals surface area contributed by atoms with E-state index >= 15 is 0 Å². The zero-order chi connectivity index (χ0) is 21.8. The number of anilines is 2. The lowest BCUT2D eigenvalue weighted by Gasteiger charge is -2.26. The van der Waals surface area contributed by atoms with Gasteiger partial charge in [0, 0.05) is 25.8 Å². The largest absolute Gasteiger partial charge is 0.495 e. The molecule has 0 saturated carbocycles. The summed E-state index contributed by atoms with van der Waals surface area (Å²) in [5, 5.41) is 5.41. The fraction of sp³-hybridized carbons (Fsp3) is 0.391. The summed E-state index contributed by atoms with van der Waals surface area (Å²) in [6.07, 6.45) is 1.02. The Labute approximate surface area is 178 Å². The van der Waals surface area contributed by atoms with Crippen molar-refractivity contribution in [1.29, 1.82) is 0 Å². The predicted molar refractivity (Wildman–Crippen MR) is 119 cm³/mol. The molecule has 2 amide bonds. The molecule has 30 heavy (non-hydrogen) atoms. The lowest BCUT2D eigenvalue weighted by atomic mass is 10.0. The van der Waals surface area contributed by atoms with Crippen LogP contribution in [-0.4, -0.2) is 58.1 Å². The second-order valence-corrected chi connectivity index (χ2v) is 7.91. The van der Waals surface area contributed by atoms with Crippen molar-refractivity contribution in [2.45, 2.75) is 19.4 Å². The first-order valence-corrected chi connectivity index (χ1v) is 10.0. The Morgan fingerprint density at radius 2 is 1.93 bits per heavy atom. The fourth-order valence-corrected chi connectivity index (χ4v) is 3.76. The van der Waals surface area contributed by atoms with Crippen LogP contribution >= 0.6 is 0 Å². The molecule has 0 saturated heterocycles. The van der Waals surface area contributed by atoms with Gasteiger partial charge in [-0.15, -0.1) is 0 Å². The lowest BCUT2D eigenvalue weighted by Crippen LogP contribution is -2.40. The van der Waals surface area contributed by atoms with Crippen LogP contribution in [0.5, 0.6) is 5.75 Å². The monoisotopic (exact) mass is 410 g/mol. The first kappa shape index (κ1) is 21.6. The topological polar surface area (TPSA) is 73.9 Å². The summed E-state index contributed by atoms with van der Waals surface area (Å²) in [6, 6.07) is 11.8. The quantitative estimate of drug-likeness (QED) is 0.716. The van der Waals surface area contributed by atoms with Crippen molar-refractivity contribution in [2.24, 2.45) is 0 Å². The highest BCUT2D eigenvalue weighted by atomic mass is 16.5. The molecule has 1 heterocycles. The number of ether oxygens (including phenoxy) is 1. The molecule has 7 heteroatoms. The Bertz CT molecular complexity index is 942. The molecule has 2 aromatic carbocycles. The second-order valence-electron chi connectivity index (χ2n) is 7.91. The van der Waals surface area contributed by atoms with Gasteiger partial charge in [-0.1, -0.05) is 18.2 Å². The van der Waals surface area contributed by atoms with Gasteiger partial charge in [-0.2, -0.15) is 0 Å². The molecule has 7 nitrogen and oxygen atoms in total. The molecule has 1 aliphatic heterocycles. The standard InChI is InChI=1S/C23H30N4O3/c1-15-6-9-21(30-5)18(12-15)25-23(29)22(28)24-14-20(26(2)3)16-7-8-19-17(13-16)10-11-27(19)4/h6-9,12-13,20H,10-11,14H2,1-5H3,(H,24,28)(H,25,29)/t20-/m1/s1. The van der Waals surface area contributed by atoms with Crippen molar-refractivity contribution in [3.8, 4) is 5.75 Å². The van der Waals surface area contributed by atoms with Crippen molar-refractivity contribution in [2.75, 3.05) is 51.6 Å². The average molecular weight is 411 g/mol. The van der Waals surface area contributed by atoms with Crippen LogP contribution in [0.15, 0.2) is 36.4 Å². The normalized spacial score (nSPS) is 13.7. The van der Waals surface area contributed by atoms with E-state index in [-0.39, 0.29) is 6.04 Å². The van der Waals surface area contributed by atoms with Crippen LogP contribution < -0.4 is 20.3 Å². The number of nitrogens with zero attached hydrogens (tertiary/aromatic N) is 2. The number of carbonyl (C=O) groups excluding carboxylic acids is 2. The number of carbonyl (C=O) groups is 2. The van der Waals surface area contributed by atoms with Crippen LogP contribution in [0.1, 0.15) is 22.7 Å². The number of amides is 2. The molecule has 3 rings (SSSR count). The van der Waals surface area contributed by atoms with Gasteiger partial charge < -0.3 is 25.2 Å². The van der Waals surface area contributed by atoms with Gasteiger partial charge in [-0.25, -0.2) is 0 Å². The third-order valence-corrected chi connectivity index (χ3v) is 5.50. The van der Waals surface area contributed by atoms with E-state index < -0.39 is 11.8 Å². The minimum atomic E-state index is -0.716. The molecule has 0 spiro atoms. The number of methoxy groups -OCH3 is 1. The van der Waals surface area contributed by atoms with Crippen molar-refractivity contribution in [1.82, 2.24) is 10.2 Å². The summed E-state index contributed by atoms with van der Waals surface area (Å²) >= 11 is 0. The maximum Gasteiger partial charge on any atom is 0.313 e. The number of likely N-dealkylation sites (N-methyl/N-ethyl adjacent to an activating group) is 2. The van der Waals surface area contributed by atoms with Crippen LogP contribution in [0.2, 0.25) is 0 Å². The van der Waals surface area contributed by atoms with Crippen molar-refractivity contribution in [3.63, 3.8) is 0 Å². The van der Waals surface area contributed by atoms with Crippen molar-refractivity contribution >= 4 is 23.2 Å². The number of fused-ring (bicyclic) bond motifs is 1. The van der Waals surface area contributed by atoms with E-state index in [1.54, 1.807) is 12.1 Å². The van der Waals surface area contributed by atoms with E-state index in [0.29, 0.717) is 18.0 Å². The van der Waals surface area contributed by atoms with Gasteiger partial charge in [0.15, 0.2) is 0 Å². The molecule has 2 aromatic rings. The molecule has 0 aliphatic carbocycles. The first-order chi connectivity index (χ1) is 14.3. The molecule has 0 radical (unpaired) electrons. The van der Waals surface area contributed by atoms with Gasteiger partial charge in [0.25, 0.3) is 0 Å². The maximum absolute atomic E-state index is 12.4. The molecular formula is C23H30N4O3. The van der Waals surface area contributed by atoms with Crippen LogP contribution in [0.25, 0.3) is 0 Å². The molecule has 2 N–H and O–H groups in total. The van der Waals surface area contributed by atoms with Gasteiger partial charge in [0.05, 0.1) is 18.8 Å². The Morgan fingerprint density at radius 1 is 1.17 bits per heavy atom. The highest BCUT2D eigenvalue weighted by Gasteiger charge is 2.22. The summed E-state index contributed by atoms with van der Waals surface area (Å²) < 4.78 is 5.26. The second kappa shape index (κ2) is 9.17. The van der Waals surface area contributed by atoms with Gasteiger partial charge >= 0.3 is 11.8 Å². The molecule has 1 aliphatic rings. The summed E-state index contributed by atoms with van der Waals surface area (Å²) in [7, 11) is 7.55. The van der Waals surface area contributed by atoms with Crippen LogP contribution in [-0.2, 0) is 16.0 Å². The predicted octanol–water partition coefficient (Wildman–Crippen LogP) is 2.35. The third-order valence-electron chi connectivity index (χ3n) is 5.50. The minimum absolute atomic E-state index is 0.0357. The Kier molecular flexibility index (Phi) is 6.62. The van der Waals surface area contributed by atoms with Crippen LogP contribution in [0, 0.1) is 6.92 Å². The van der Waals surface area contributed by atoms with Gasteiger partial charge in [-0.05, 0) is 62.3 Å². The van der Waals surface area contributed by atoms with Crippen molar-refractivity contribution < 1.29 is 14.3 Å². The van der Waals surface area contributed by atoms with E-state index in [2.05, 4.69) is 40.8 Å². The number of nitrogens with one attached hydrogen (secondary N) is 2. The van der Waals surface area contributed by atoms with E-state index in [0.717, 1.165) is 24.1 Å². The molecule has 0 unspecified atom stereocenters. The Hall–Kier alpha value is -3.06. The summed E-state index contributed by atoms with van der Waals surface area (Å²) in [4.78, 5) is 29.1. The molecule has 0 bridgehead atoms. The molecular weight excluding hydrogens is 380 g/mol. The highest BCUT2D eigenvalue weighted by molar-refractivity contribution is 6.39. The van der Waals surface area contributed by atoms with E-state index in [9.17, 15) is 9.59 Å². The molecule has 160 valence electrons. The molecule has 0 fully saturated rings. The highest BCUT2D eigenvalue weighted by Crippen LogP contribution is 2.30. The number of aryl methyl sites for hydroxylation is 1. The van der Waals surface area contributed by atoms with Crippen LogP contribution in [0.4, 0.5) is 11.4 Å². The fourth-order valence-electron chi connectivity index (χ4n) is 3.76. The van der Waals surface area contributed by atoms with Gasteiger partial charge in [0.2, 0.25) is 0 Å². The summed E-state index contributed by atoms with van der Waals surface area (Å²) in [5.74, 6) is -0.880. The Morgan fingerprint density at radius 3 is 2.63 bits per heavy atom. The van der Waals surface area contributed by atoms with E-state index in [1.165, 1.54) is 18.4 Å². The number of benzene rings is 2. The Balaban J connectivity index is 1.66. The van der Waals surface area contributed by atoms with E-state index in [1.807, 2.05) is 32.0 Å². The number of hydrogen-bond acceptors (Lipinski definition) is 5. The summed E-state index contributed by atoms with van der Waals surface area (Å²) in [6.45, 7) is 3.26. The lowest BCUT2D eigenvalue weighted by molar-refractivity contribution is -0.136. The zero-order valence-corrected chi connectivity index (χ0v) is 18.3. The van der Waals surface area contributed by atoms with Gasteiger partial charge in [-0.3, -0.25) is 9.59 Å². The average Bonchev–Trinajstić information content (AvgIpc) is 3.08. The maximum atomic E-state index is 12.4. The minimum Gasteiger partial charge on any atom is -0.495 e. The number of hydrogen-bond donors (Lipinski definition) is 2. The van der Waals surface area contributed by atoms with Gasteiger partial charge in [0.1, 0.15) is 5.75 Å². The van der Waals surface area contributed by atoms with Crippen LogP contribution in [0.3, 0.4) is 0 Å². The number of rotatable bonds is 6. The SMILES string of the molecule is COc1ccc(C)cc1NC(=O)C(=O)NC[C@H](c1ccc2c(c1)CCN2C)N(C)C. The summed E-state index contributed by atoms with van der Waals surface area (Å²) in [5.41, 5.74) is 5.13. The van der Waals surface area contributed by atoms with Crippen molar-refractivity contribution in [3.05, 3.63) is 53.1 Å². The molecule has 1 atom stereocenters. The zero-order valence-electron chi connectivity index (χ0n) is 18.3. The first-order valence-electron chi connectivity index (χ1n) is 10.0. The third kappa shape index (κ3) is 4.74. The molecule has 0 aromatic heterocycles. The van der Waals surface area contributed by atoms with E-state index in [4.69, 9.17) is 4.74 Å². The smallest absolute Gasteiger partial charge is 0.313 e.